The van der Waals surface area contributed by atoms with Crippen LogP contribution in [0.1, 0.15) is 0 Å². The topological polar surface area (TPSA) is 4.93 Å². The summed E-state index contributed by atoms with van der Waals surface area (Å²) in [7, 11) is 0. The molecule has 5 heteroatoms. The Bertz CT molecular complexity index is 890. The average Bonchev–Trinajstić information content (AvgIpc) is 2.86. The summed E-state index contributed by atoms with van der Waals surface area (Å²) < 4.78 is 29.1. The summed E-state index contributed by atoms with van der Waals surface area (Å²) in [6, 6.07) is 12.6. The number of aromatic nitrogens is 1. The van der Waals surface area contributed by atoms with Crippen molar-refractivity contribution in [2.45, 2.75) is 6.54 Å². The van der Waals surface area contributed by atoms with Gasteiger partial charge in [0.15, 0.2) is 3.95 Å². The Labute approximate surface area is 142 Å². The van der Waals surface area contributed by atoms with Crippen LogP contribution in [0.4, 0.5) is 8.78 Å². The van der Waals surface area contributed by atoms with E-state index in [9.17, 15) is 8.78 Å². The SMILES string of the molecule is C=CCn1c(-c2ccc(F)cc2)c(-c2ccc(F)cc2)sc1=S. The van der Waals surface area contributed by atoms with E-state index in [4.69, 9.17) is 12.2 Å². The van der Waals surface area contributed by atoms with Gasteiger partial charge in [-0.1, -0.05) is 18.2 Å². The van der Waals surface area contributed by atoms with Crippen LogP contribution in [0.25, 0.3) is 21.7 Å². The summed E-state index contributed by atoms with van der Waals surface area (Å²) in [6.45, 7) is 4.33. The second-order valence-corrected chi connectivity index (χ2v) is 6.60. The molecule has 0 bridgehead atoms. The van der Waals surface area contributed by atoms with E-state index in [2.05, 4.69) is 6.58 Å². The Hall–Kier alpha value is -2.11. The summed E-state index contributed by atoms with van der Waals surface area (Å²) in [4.78, 5) is 0.934. The highest BCUT2D eigenvalue weighted by Gasteiger charge is 2.16. The first-order valence-electron chi connectivity index (χ1n) is 6.96. The summed E-state index contributed by atoms with van der Waals surface area (Å²) in [5.41, 5.74) is 2.64. The molecule has 0 aliphatic heterocycles. The standard InChI is InChI=1S/C18H13F2NS2/c1-2-11-21-16(12-3-7-14(19)8-4-12)17(23-18(21)22)13-5-9-15(20)10-6-13/h2-10H,1,11H2. The molecule has 0 atom stereocenters. The minimum atomic E-state index is -0.291. The second kappa shape index (κ2) is 6.56. The third-order valence-corrected chi connectivity index (χ3v) is 4.93. The molecule has 23 heavy (non-hydrogen) atoms. The van der Waals surface area contributed by atoms with Gasteiger partial charge in [-0.2, -0.15) is 0 Å². The van der Waals surface area contributed by atoms with Gasteiger partial charge in [-0.15, -0.1) is 17.9 Å². The molecule has 0 fully saturated rings. The average molecular weight is 345 g/mol. The van der Waals surface area contributed by atoms with E-state index in [0.717, 1.165) is 21.7 Å². The third kappa shape index (κ3) is 3.16. The second-order valence-electron chi connectivity index (χ2n) is 4.96. The zero-order chi connectivity index (χ0) is 16.4. The summed E-state index contributed by atoms with van der Waals surface area (Å²) in [6.07, 6.45) is 1.77. The maximum Gasteiger partial charge on any atom is 0.162 e. The Morgan fingerprint density at radius 3 is 2.00 bits per heavy atom. The van der Waals surface area contributed by atoms with Gasteiger partial charge in [-0.3, -0.25) is 0 Å². The van der Waals surface area contributed by atoms with Gasteiger partial charge >= 0.3 is 0 Å². The minimum Gasteiger partial charge on any atom is -0.319 e. The van der Waals surface area contributed by atoms with Crippen LogP contribution >= 0.6 is 23.6 Å². The molecule has 0 aliphatic rings. The monoisotopic (exact) mass is 345 g/mol. The lowest BCUT2D eigenvalue weighted by molar-refractivity contribution is 0.627. The summed E-state index contributed by atoms with van der Waals surface area (Å²) in [5, 5.41) is 0. The van der Waals surface area contributed by atoms with Gasteiger partial charge in [0.2, 0.25) is 0 Å². The fourth-order valence-electron chi connectivity index (χ4n) is 2.39. The van der Waals surface area contributed by atoms with Crippen LogP contribution in [0, 0.1) is 15.6 Å². The van der Waals surface area contributed by atoms with E-state index in [-0.39, 0.29) is 11.6 Å². The van der Waals surface area contributed by atoms with E-state index in [1.54, 1.807) is 30.3 Å². The summed E-state index contributed by atoms with van der Waals surface area (Å²) in [5.74, 6) is -0.576. The Morgan fingerprint density at radius 1 is 0.957 bits per heavy atom. The van der Waals surface area contributed by atoms with Crippen LogP contribution in [0.2, 0.25) is 0 Å². The van der Waals surface area contributed by atoms with Gasteiger partial charge in [0.05, 0.1) is 10.6 Å². The van der Waals surface area contributed by atoms with Gasteiger partial charge in [-0.05, 0) is 59.7 Å². The van der Waals surface area contributed by atoms with Crippen molar-refractivity contribution in [3.8, 4) is 21.7 Å². The Morgan fingerprint density at radius 2 is 1.48 bits per heavy atom. The zero-order valence-corrected chi connectivity index (χ0v) is 13.8. The van der Waals surface area contributed by atoms with Crippen molar-refractivity contribution < 1.29 is 8.78 Å². The van der Waals surface area contributed by atoms with Crippen LogP contribution in [-0.2, 0) is 6.54 Å². The van der Waals surface area contributed by atoms with Crippen LogP contribution in [0.5, 0.6) is 0 Å². The van der Waals surface area contributed by atoms with E-state index in [0.29, 0.717) is 10.5 Å². The van der Waals surface area contributed by atoms with Crippen molar-refractivity contribution in [3.05, 3.63) is 76.8 Å². The molecule has 0 amide bonds. The number of hydrogen-bond acceptors (Lipinski definition) is 2. The zero-order valence-electron chi connectivity index (χ0n) is 12.1. The van der Waals surface area contributed by atoms with Gasteiger partial charge in [0.25, 0.3) is 0 Å². The smallest absolute Gasteiger partial charge is 0.162 e. The molecule has 0 aliphatic carbocycles. The molecule has 0 saturated heterocycles. The number of rotatable bonds is 4. The maximum absolute atomic E-state index is 13.2. The molecule has 1 aromatic heterocycles. The molecule has 1 nitrogen and oxygen atoms in total. The highest BCUT2D eigenvalue weighted by atomic mass is 32.1. The molecular formula is C18H13F2NS2. The molecule has 2 aromatic carbocycles. The first kappa shape index (κ1) is 15.8. The lowest BCUT2D eigenvalue weighted by atomic mass is 10.1. The predicted octanol–water partition coefficient (Wildman–Crippen LogP) is 6.08. The fourth-order valence-corrected chi connectivity index (χ4v) is 3.84. The van der Waals surface area contributed by atoms with Gasteiger partial charge in [0, 0.05) is 6.54 Å². The maximum atomic E-state index is 13.2. The minimum absolute atomic E-state index is 0.286. The largest absolute Gasteiger partial charge is 0.319 e. The van der Waals surface area contributed by atoms with E-state index >= 15 is 0 Å². The number of hydrogen-bond donors (Lipinski definition) is 0. The highest BCUT2D eigenvalue weighted by Crippen LogP contribution is 2.38. The molecule has 3 aromatic rings. The van der Waals surface area contributed by atoms with E-state index in [1.165, 1.54) is 35.6 Å². The van der Waals surface area contributed by atoms with Gasteiger partial charge in [-0.25, -0.2) is 8.78 Å². The van der Waals surface area contributed by atoms with E-state index in [1.807, 2.05) is 4.57 Å². The van der Waals surface area contributed by atoms with E-state index < -0.39 is 0 Å². The molecule has 0 unspecified atom stereocenters. The van der Waals surface area contributed by atoms with Gasteiger partial charge in [0.1, 0.15) is 11.6 Å². The first-order valence-corrected chi connectivity index (χ1v) is 8.19. The van der Waals surface area contributed by atoms with Crippen LogP contribution < -0.4 is 0 Å². The molecule has 116 valence electrons. The van der Waals surface area contributed by atoms with Crippen molar-refractivity contribution in [1.82, 2.24) is 4.57 Å². The molecule has 3 rings (SSSR count). The number of nitrogens with zero attached hydrogens (tertiary/aromatic N) is 1. The Kier molecular flexibility index (Phi) is 4.50. The highest BCUT2D eigenvalue weighted by molar-refractivity contribution is 7.73. The lowest BCUT2D eigenvalue weighted by Crippen LogP contribution is -1.98. The predicted molar refractivity (Wildman–Crippen MR) is 94.1 cm³/mol. The van der Waals surface area contributed by atoms with Crippen LogP contribution in [0.15, 0.2) is 61.2 Å². The first-order chi connectivity index (χ1) is 11.1. The molecular weight excluding hydrogens is 332 g/mol. The molecule has 0 saturated carbocycles. The number of benzene rings is 2. The lowest BCUT2D eigenvalue weighted by Gasteiger charge is -2.10. The number of allylic oxidation sites excluding steroid dienone is 1. The fraction of sp³-hybridized carbons (Fsp3) is 0.0556. The van der Waals surface area contributed by atoms with Crippen molar-refractivity contribution in [2.75, 3.05) is 0 Å². The molecule has 1 heterocycles. The quantitative estimate of drug-likeness (QED) is 0.410. The molecule has 0 N–H and O–H groups in total. The van der Waals surface area contributed by atoms with Crippen molar-refractivity contribution in [3.63, 3.8) is 0 Å². The van der Waals surface area contributed by atoms with Crippen LogP contribution in [0.3, 0.4) is 0 Å². The normalized spacial score (nSPS) is 10.7. The third-order valence-electron chi connectivity index (χ3n) is 3.43. The van der Waals surface area contributed by atoms with Crippen molar-refractivity contribution in [1.29, 1.82) is 0 Å². The Balaban J connectivity index is 2.25. The number of halogens is 2. The van der Waals surface area contributed by atoms with Crippen LogP contribution in [-0.4, -0.2) is 4.57 Å². The van der Waals surface area contributed by atoms with Crippen molar-refractivity contribution >= 4 is 23.6 Å². The number of thiazole rings is 1. The summed E-state index contributed by atoms with van der Waals surface area (Å²) >= 11 is 6.92. The van der Waals surface area contributed by atoms with Gasteiger partial charge < -0.3 is 4.57 Å². The molecule has 0 spiro atoms. The van der Waals surface area contributed by atoms with Crippen molar-refractivity contribution in [2.24, 2.45) is 0 Å². The molecule has 0 radical (unpaired) electrons.